The molecule has 0 unspecified atom stereocenters. The molecule has 108 valence electrons. The van der Waals surface area contributed by atoms with Crippen LogP contribution in [0.5, 0.6) is 0 Å². The number of amides is 1. The fraction of sp³-hybridized carbons (Fsp3) is 0.500. The third-order valence-electron chi connectivity index (χ3n) is 3.42. The largest absolute Gasteiger partial charge is 0.480 e. The number of primary amides is 1. The van der Waals surface area contributed by atoms with Crippen LogP contribution in [-0.4, -0.2) is 35.1 Å². The fourth-order valence-electron chi connectivity index (χ4n) is 2.58. The number of fused-ring (bicyclic) bond motifs is 1. The molecule has 1 heterocycles. The Morgan fingerprint density at radius 3 is 2.80 bits per heavy atom. The van der Waals surface area contributed by atoms with E-state index < -0.39 is 11.9 Å². The number of carboxylic acid groups (broad SMARTS) is 1. The van der Waals surface area contributed by atoms with Crippen molar-refractivity contribution in [3.8, 4) is 0 Å². The molecule has 20 heavy (non-hydrogen) atoms. The smallest absolute Gasteiger partial charge is 0.323 e. The number of hydrogen-bond acceptors (Lipinski definition) is 4. The minimum absolute atomic E-state index is 0.181. The minimum Gasteiger partial charge on any atom is -0.480 e. The second-order valence-electron chi connectivity index (χ2n) is 5.00. The van der Waals surface area contributed by atoms with Crippen LogP contribution in [0.15, 0.2) is 6.07 Å². The highest BCUT2D eigenvalue weighted by atomic mass is 16.4. The van der Waals surface area contributed by atoms with E-state index in [0.717, 1.165) is 36.9 Å². The summed E-state index contributed by atoms with van der Waals surface area (Å²) >= 11 is 0. The first-order chi connectivity index (χ1) is 9.52. The van der Waals surface area contributed by atoms with Gasteiger partial charge in [-0.2, -0.15) is 0 Å². The summed E-state index contributed by atoms with van der Waals surface area (Å²) < 4.78 is 0. The number of anilines is 1. The maximum absolute atomic E-state index is 11.6. The van der Waals surface area contributed by atoms with Gasteiger partial charge in [-0.25, -0.2) is 4.98 Å². The maximum Gasteiger partial charge on any atom is 0.323 e. The van der Waals surface area contributed by atoms with Crippen molar-refractivity contribution < 1.29 is 14.7 Å². The highest BCUT2D eigenvalue weighted by Gasteiger charge is 2.23. The number of carboxylic acids is 1. The lowest BCUT2D eigenvalue weighted by atomic mass is 10.1. The molecule has 0 radical (unpaired) electrons. The van der Waals surface area contributed by atoms with Crippen LogP contribution in [0.2, 0.25) is 0 Å². The van der Waals surface area contributed by atoms with Gasteiger partial charge in [0.05, 0.1) is 5.56 Å². The number of aryl methyl sites for hydroxylation is 2. The first-order valence-electron chi connectivity index (χ1n) is 6.82. The quantitative estimate of drug-likeness (QED) is 0.807. The van der Waals surface area contributed by atoms with Gasteiger partial charge in [-0.1, -0.05) is 6.92 Å². The van der Waals surface area contributed by atoms with Crippen molar-refractivity contribution in [1.82, 2.24) is 4.98 Å². The Morgan fingerprint density at radius 1 is 1.45 bits per heavy atom. The van der Waals surface area contributed by atoms with Gasteiger partial charge in [0.1, 0.15) is 12.4 Å². The molecule has 3 N–H and O–H groups in total. The summed E-state index contributed by atoms with van der Waals surface area (Å²) in [6.07, 6.45) is 3.55. The van der Waals surface area contributed by atoms with E-state index in [1.807, 2.05) is 6.92 Å². The van der Waals surface area contributed by atoms with Crippen LogP contribution >= 0.6 is 0 Å². The van der Waals surface area contributed by atoms with Crippen LogP contribution in [0.1, 0.15) is 41.4 Å². The Labute approximate surface area is 117 Å². The number of rotatable bonds is 6. The number of hydrogen-bond donors (Lipinski definition) is 2. The van der Waals surface area contributed by atoms with Crippen LogP contribution in [0.25, 0.3) is 0 Å². The zero-order valence-corrected chi connectivity index (χ0v) is 11.6. The predicted molar refractivity (Wildman–Crippen MR) is 74.9 cm³/mol. The molecule has 1 aromatic heterocycles. The molecule has 1 aliphatic rings. The van der Waals surface area contributed by atoms with Crippen molar-refractivity contribution in [2.24, 2.45) is 5.73 Å². The van der Waals surface area contributed by atoms with Crippen molar-refractivity contribution in [1.29, 1.82) is 0 Å². The number of nitrogens with zero attached hydrogens (tertiary/aromatic N) is 2. The van der Waals surface area contributed by atoms with E-state index in [9.17, 15) is 9.59 Å². The van der Waals surface area contributed by atoms with Crippen molar-refractivity contribution in [2.75, 3.05) is 18.0 Å². The molecule has 0 saturated carbocycles. The molecule has 0 bridgehead atoms. The second kappa shape index (κ2) is 5.90. The van der Waals surface area contributed by atoms with Gasteiger partial charge < -0.3 is 15.7 Å². The lowest BCUT2D eigenvalue weighted by Crippen LogP contribution is -2.33. The van der Waals surface area contributed by atoms with E-state index >= 15 is 0 Å². The first kappa shape index (κ1) is 14.3. The Balaban J connectivity index is 2.46. The fourth-order valence-corrected chi connectivity index (χ4v) is 2.58. The Hall–Kier alpha value is -2.11. The molecule has 1 aromatic rings. The summed E-state index contributed by atoms with van der Waals surface area (Å²) in [6.45, 7) is 2.30. The van der Waals surface area contributed by atoms with E-state index in [0.29, 0.717) is 17.9 Å². The van der Waals surface area contributed by atoms with Crippen LogP contribution in [0, 0.1) is 0 Å². The van der Waals surface area contributed by atoms with Crippen molar-refractivity contribution in [2.45, 2.75) is 32.6 Å². The van der Waals surface area contributed by atoms with E-state index in [1.165, 1.54) is 0 Å². The van der Waals surface area contributed by atoms with Crippen LogP contribution in [-0.2, 0) is 17.6 Å². The molecule has 6 heteroatoms. The molecule has 1 amide bonds. The van der Waals surface area contributed by atoms with Gasteiger partial charge in [0, 0.05) is 12.2 Å². The highest BCUT2D eigenvalue weighted by Crippen LogP contribution is 2.27. The first-order valence-corrected chi connectivity index (χ1v) is 6.82. The average molecular weight is 277 g/mol. The van der Waals surface area contributed by atoms with Gasteiger partial charge in [0.15, 0.2) is 0 Å². The molecule has 2 rings (SSSR count). The van der Waals surface area contributed by atoms with Crippen LogP contribution in [0.4, 0.5) is 5.82 Å². The van der Waals surface area contributed by atoms with Crippen molar-refractivity contribution in [3.63, 3.8) is 0 Å². The Morgan fingerprint density at radius 2 is 2.20 bits per heavy atom. The number of pyridine rings is 1. The summed E-state index contributed by atoms with van der Waals surface area (Å²) in [7, 11) is 0. The van der Waals surface area contributed by atoms with Crippen LogP contribution < -0.4 is 10.6 Å². The minimum atomic E-state index is -0.948. The summed E-state index contributed by atoms with van der Waals surface area (Å²) in [6, 6.07) is 1.78. The van der Waals surface area contributed by atoms with Gasteiger partial charge in [-0.3, -0.25) is 9.59 Å². The zero-order valence-electron chi connectivity index (χ0n) is 11.6. The molecule has 0 aliphatic heterocycles. The Kier molecular flexibility index (Phi) is 4.22. The SMILES string of the molecule is CCCN(CC(=O)O)c1nc2c(cc1C(N)=O)CCC2. The van der Waals surface area contributed by atoms with Gasteiger partial charge in [-0.05, 0) is 37.3 Å². The number of nitrogens with two attached hydrogens (primary N) is 1. The lowest BCUT2D eigenvalue weighted by Gasteiger charge is -2.23. The lowest BCUT2D eigenvalue weighted by molar-refractivity contribution is -0.135. The maximum atomic E-state index is 11.6. The number of aromatic nitrogens is 1. The predicted octanol–water partition coefficient (Wildman–Crippen LogP) is 0.970. The molecule has 0 atom stereocenters. The van der Waals surface area contributed by atoms with Gasteiger partial charge in [0.25, 0.3) is 5.91 Å². The summed E-state index contributed by atoms with van der Waals surface area (Å²) in [5.41, 5.74) is 7.75. The van der Waals surface area contributed by atoms with Gasteiger partial charge >= 0.3 is 5.97 Å². The molecule has 0 aromatic carbocycles. The molecule has 0 spiro atoms. The summed E-state index contributed by atoms with van der Waals surface area (Å²) in [5, 5.41) is 9.01. The normalized spacial score (nSPS) is 13.1. The molecule has 0 fully saturated rings. The summed E-state index contributed by atoms with van der Waals surface area (Å²) in [4.78, 5) is 28.7. The monoisotopic (exact) mass is 277 g/mol. The van der Waals surface area contributed by atoms with Crippen molar-refractivity contribution in [3.05, 3.63) is 22.9 Å². The van der Waals surface area contributed by atoms with Crippen molar-refractivity contribution >= 4 is 17.7 Å². The highest BCUT2D eigenvalue weighted by molar-refractivity contribution is 5.98. The Bertz CT molecular complexity index is 543. The second-order valence-corrected chi connectivity index (χ2v) is 5.00. The van der Waals surface area contributed by atoms with E-state index in [4.69, 9.17) is 10.8 Å². The molecular weight excluding hydrogens is 258 g/mol. The zero-order chi connectivity index (χ0) is 14.7. The number of aliphatic carboxylic acids is 1. The molecule has 1 aliphatic carbocycles. The molecule has 0 saturated heterocycles. The van der Waals surface area contributed by atoms with E-state index in [2.05, 4.69) is 4.98 Å². The third-order valence-corrected chi connectivity index (χ3v) is 3.42. The van der Waals surface area contributed by atoms with E-state index in [1.54, 1.807) is 11.0 Å². The molecule has 6 nitrogen and oxygen atoms in total. The number of carbonyl (C=O) groups excluding carboxylic acids is 1. The number of carbonyl (C=O) groups is 2. The van der Waals surface area contributed by atoms with Gasteiger partial charge in [-0.15, -0.1) is 0 Å². The average Bonchev–Trinajstić information content (AvgIpc) is 2.83. The van der Waals surface area contributed by atoms with E-state index in [-0.39, 0.29) is 6.54 Å². The van der Waals surface area contributed by atoms with Gasteiger partial charge in [0.2, 0.25) is 0 Å². The van der Waals surface area contributed by atoms with Crippen LogP contribution in [0.3, 0.4) is 0 Å². The summed E-state index contributed by atoms with van der Waals surface area (Å²) in [5.74, 6) is -1.10. The third kappa shape index (κ3) is 2.89. The molecular formula is C14H19N3O3. The standard InChI is InChI=1S/C14H19N3O3/c1-2-6-17(8-12(18)19)14-10(13(15)20)7-9-4-3-5-11(9)16-14/h7H,2-6,8H2,1H3,(H2,15,20)(H,18,19). The topological polar surface area (TPSA) is 96.5 Å².